The monoisotopic (exact) mass is 634 g/mol. The molecule has 2 atom stereocenters. The van der Waals surface area contributed by atoms with Crippen molar-refractivity contribution in [1.82, 2.24) is 14.6 Å². The molecule has 1 spiro atoms. The molecule has 11 heteroatoms. The van der Waals surface area contributed by atoms with Crippen molar-refractivity contribution in [2.24, 2.45) is 12.5 Å². The van der Waals surface area contributed by atoms with E-state index in [-0.39, 0.29) is 63.1 Å². The van der Waals surface area contributed by atoms with E-state index in [0.717, 1.165) is 29.8 Å². The maximum Gasteiger partial charge on any atom is 0.261 e. The second-order valence-corrected chi connectivity index (χ2v) is 10.7. The number of aryl methyl sites for hydroxylation is 1. The molecule has 7 nitrogen and oxygen atoms in total. The van der Waals surface area contributed by atoms with E-state index < -0.39 is 23.5 Å². The summed E-state index contributed by atoms with van der Waals surface area (Å²) in [6.45, 7) is 4.56. The first-order chi connectivity index (χ1) is 18.7. The van der Waals surface area contributed by atoms with E-state index in [2.05, 4.69) is 10.3 Å². The molecule has 1 saturated carbocycles. The molecule has 1 aromatic heterocycles. The second kappa shape index (κ2) is 15.0. The van der Waals surface area contributed by atoms with Gasteiger partial charge in [-0.25, -0.2) is 18.2 Å². The Morgan fingerprint density at radius 1 is 1.05 bits per heavy atom. The Labute approximate surface area is 258 Å². The molecule has 3 heterocycles. The smallest absolute Gasteiger partial charge is 0.261 e. The number of nitrogens with zero attached hydrogens (tertiary/aromatic N) is 4. The number of fused-ring (bicyclic) bond motifs is 1. The van der Waals surface area contributed by atoms with Crippen LogP contribution in [0.5, 0.6) is 0 Å². The predicted octanol–water partition coefficient (Wildman–Crippen LogP) is 5.90. The number of ether oxygens (including phenoxy) is 1. The Morgan fingerprint density at radius 3 is 2.40 bits per heavy atom. The van der Waals surface area contributed by atoms with E-state index >= 15 is 0 Å². The largest absolute Gasteiger partial charge is 0.662 e. The van der Waals surface area contributed by atoms with Crippen molar-refractivity contribution >= 4 is 10.9 Å². The Hall–Kier alpha value is -1.69. The average molecular weight is 635 g/mol. The summed E-state index contributed by atoms with van der Waals surface area (Å²) >= 11 is 0. The molecule has 3 aromatic rings. The molecule has 2 aromatic carbocycles. The van der Waals surface area contributed by atoms with Gasteiger partial charge in [0.05, 0.1) is 42.5 Å². The van der Waals surface area contributed by atoms with Crippen molar-refractivity contribution in [2.45, 2.75) is 57.6 Å². The third kappa shape index (κ3) is 8.43. The van der Waals surface area contributed by atoms with E-state index in [4.69, 9.17) is 4.74 Å². The van der Waals surface area contributed by atoms with E-state index in [0.29, 0.717) is 16.3 Å². The summed E-state index contributed by atoms with van der Waals surface area (Å²) in [5.41, 5.74) is 1.11. The van der Waals surface area contributed by atoms with Crippen LogP contribution < -0.4 is 5.56 Å². The zero-order chi connectivity index (χ0) is 28.0. The summed E-state index contributed by atoms with van der Waals surface area (Å²) in [6, 6.07) is 6.52. The fourth-order valence-electron chi connectivity index (χ4n) is 5.48. The Morgan fingerprint density at radius 2 is 1.73 bits per heavy atom. The average Bonchev–Trinajstić information content (AvgIpc) is 3.37. The number of rotatable bonds is 1. The van der Waals surface area contributed by atoms with Crippen LogP contribution in [0, 0.1) is 22.9 Å². The van der Waals surface area contributed by atoms with Gasteiger partial charge in [0.2, 0.25) is 0 Å². The minimum atomic E-state index is -0.646. The molecule has 3 fully saturated rings. The maximum atomic E-state index is 13.5. The summed E-state index contributed by atoms with van der Waals surface area (Å²) in [4.78, 5) is 15.4. The van der Waals surface area contributed by atoms with Gasteiger partial charge in [0.1, 0.15) is 17.5 Å². The summed E-state index contributed by atoms with van der Waals surface area (Å²) < 4.78 is 45.9. The number of piperidine rings is 1. The summed E-state index contributed by atoms with van der Waals surface area (Å²) in [5, 5.41) is 15.5. The minimum absolute atomic E-state index is 0. The summed E-state index contributed by atoms with van der Waals surface area (Å²) in [7, 11) is 1.58. The number of aromatic nitrogens is 2. The first-order valence-electron chi connectivity index (χ1n) is 13.4. The minimum Gasteiger partial charge on any atom is -0.662 e. The number of morpholine rings is 1. The maximum absolute atomic E-state index is 13.5. The fraction of sp³-hybridized carbons (Fsp3) is 0.517. The van der Waals surface area contributed by atoms with Gasteiger partial charge in [0.25, 0.3) is 5.56 Å². The quantitative estimate of drug-likeness (QED) is 0.361. The van der Waals surface area contributed by atoms with Crippen LogP contribution in [0.15, 0.2) is 47.5 Å². The molecule has 1 unspecified atom stereocenters. The van der Waals surface area contributed by atoms with Gasteiger partial charge in [-0.1, -0.05) is 25.7 Å². The molecule has 215 valence electrons. The normalized spacial score (nSPS) is 22.1. The topological polar surface area (TPSA) is 81.7 Å². The van der Waals surface area contributed by atoms with Crippen molar-refractivity contribution < 1.29 is 55.8 Å². The standard InChI is InChI=1S/C11H13F2NO2.C9H7FN2O.C9H16N.Y/c1-7-5-14(15)11(6-16-7)9-4-8(12)2-3-10(9)13;1-12-5-11-8-3-2-6(10)4-7(8)9(12)13;1-2-5-9(4-1)6-3-7-10-8-9;/h2-4,7,11,15H,5-6H2,1H3;2-5H,1H3;1-8H2;/q;;-1;/t7-,11?;;;/m0.../s1. The van der Waals surface area contributed by atoms with Gasteiger partial charge in [-0.3, -0.25) is 4.79 Å². The van der Waals surface area contributed by atoms with Crippen LogP contribution in [-0.4, -0.2) is 52.2 Å². The third-order valence-electron chi connectivity index (χ3n) is 7.67. The van der Waals surface area contributed by atoms with Gasteiger partial charge in [-0.05, 0) is 61.6 Å². The van der Waals surface area contributed by atoms with Gasteiger partial charge in [-0.15, -0.1) is 13.1 Å². The molecule has 1 radical (unpaired) electrons. The third-order valence-corrected chi connectivity index (χ3v) is 7.67. The van der Waals surface area contributed by atoms with Gasteiger partial charge in [0.15, 0.2) is 0 Å². The van der Waals surface area contributed by atoms with Crippen molar-refractivity contribution in [3.63, 3.8) is 0 Å². The molecule has 40 heavy (non-hydrogen) atoms. The SMILES string of the molecule is C1CCC2(C1)CCC[N-]C2.C[C@H]1CN(O)C(c2cc(F)ccc2F)CO1.Cn1cnc2ccc(F)cc2c1=O.[Y]. The van der Waals surface area contributed by atoms with Crippen LogP contribution >= 0.6 is 0 Å². The van der Waals surface area contributed by atoms with Gasteiger partial charge in [0, 0.05) is 45.3 Å². The summed E-state index contributed by atoms with van der Waals surface area (Å²) in [5.74, 6) is -1.48. The van der Waals surface area contributed by atoms with Crippen LogP contribution in [0.3, 0.4) is 0 Å². The Balaban J connectivity index is 0.000000167. The number of halogens is 3. The molecular formula is C29H36F3N4O3Y-. The predicted molar refractivity (Wildman–Crippen MR) is 143 cm³/mol. The zero-order valence-electron chi connectivity index (χ0n) is 23.0. The number of hydroxylamine groups is 2. The van der Waals surface area contributed by atoms with Crippen LogP contribution in [0.25, 0.3) is 16.2 Å². The molecule has 2 aliphatic heterocycles. The van der Waals surface area contributed by atoms with Crippen molar-refractivity contribution in [2.75, 3.05) is 26.2 Å². The van der Waals surface area contributed by atoms with E-state index in [1.54, 1.807) is 14.0 Å². The molecule has 3 aliphatic rings. The zero-order valence-corrected chi connectivity index (χ0v) is 25.9. The van der Waals surface area contributed by atoms with Crippen LogP contribution in [0.4, 0.5) is 13.2 Å². The van der Waals surface area contributed by atoms with Gasteiger partial charge in [-0.2, -0.15) is 5.06 Å². The molecule has 0 amide bonds. The van der Waals surface area contributed by atoms with Gasteiger partial charge < -0.3 is 19.8 Å². The molecule has 6 rings (SSSR count). The number of hydrogen-bond acceptors (Lipinski definition) is 5. The second-order valence-electron chi connectivity index (χ2n) is 10.7. The Bertz CT molecular complexity index is 1310. The molecule has 0 bridgehead atoms. The number of benzene rings is 2. The van der Waals surface area contributed by atoms with Crippen molar-refractivity contribution in [3.8, 4) is 0 Å². The summed E-state index contributed by atoms with van der Waals surface area (Å²) in [6.07, 6.45) is 10.0. The first-order valence-corrected chi connectivity index (χ1v) is 13.4. The van der Waals surface area contributed by atoms with E-state index in [9.17, 15) is 23.2 Å². The molecule has 1 aliphatic carbocycles. The van der Waals surface area contributed by atoms with E-state index in [1.165, 1.54) is 74.2 Å². The van der Waals surface area contributed by atoms with Crippen molar-refractivity contribution in [1.29, 1.82) is 0 Å². The van der Waals surface area contributed by atoms with E-state index in [1.807, 2.05) is 0 Å². The van der Waals surface area contributed by atoms with Crippen LogP contribution in [0.2, 0.25) is 0 Å². The van der Waals surface area contributed by atoms with Crippen LogP contribution in [0.1, 0.15) is 57.1 Å². The first kappa shape index (κ1) is 32.8. The van der Waals surface area contributed by atoms with Gasteiger partial charge >= 0.3 is 0 Å². The van der Waals surface area contributed by atoms with Crippen LogP contribution in [-0.2, 0) is 44.5 Å². The molecule has 2 saturated heterocycles. The van der Waals surface area contributed by atoms with Crippen molar-refractivity contribution in [3.05, 3.63) is 81.4 Å². The Kier molecular flexibility index (Phi) is 12.3. The number of hydrogen-bond donors (Lipinski definition) is 1. The molecular weight excluding hydrogens is 598 g/mol. The molecule has 1 N–H and O–H groups in total. The fourth-order valence-corrected chi connectivity index (χ4v) is 5.48.